The average molecular weight is 309 g/mol. The van der Waals surface area contributed by atoms with Gasteiger partial charge < -0.3 is 19.8 Å². The van der Waals surface area contributed by atoms with Gasteiger partial charge in [0.05, 0.1) is 18.8 Å². The number of likely N-dealkylation sites (N-methyl/N-ethyl adjacent to an activating group) is 2. The molecule has 1 aliphatic heterocycles. The summed E-state index contributed by atoms with van der Waals surface area (Å²) in [6.07, 6.45) is 1.31. The van der Waals surface area contributed by atoms with Crippen molar-refractivity contribution in [2.45, 2.75) is 30.8 Å². The maximum Gasteiger partial charge on any atom is 0.109 e. The number of rotatable bonds is 7. The van der Waals surface area contributed by atoms with Crippen LogP contribution in [0.3, 0.4) is 0 Å². The van der Waals surface area contributed by atoms with Gasteiger partial charge in [0.15, 0.2) is 0 Å². The second-order valence-corrected chi connectivity index (χ2v) is 6.19. The Hall–Kier alpha value is -1.05. The van der Waals surface area contributed by atoms with Crippen molar-refractivity contribution in [1.82, 2.24) is 14.8 Å². The number of pyridine rings is 1. The fourth-order valence-electron chi connectivity index (χ4n) is 3.02. The Kier molecular flexibility index (Phi) is 6.28. The number of ether oxygens (including phenoxy) is 1. The Labute approximate surface area is 132 Å². The van der Waals surface area contributed by atoms with Crippen LogP contribution < -0.4 is 0 Å². The van der Waals surface area contributed by atoms with Gasteiger partial charge in [-0.3, -0.25) is 9.88 Å². The van der Waals surface area contributed by atoms with Crippen LogP contribution in [-0.4, -0.2) is 90.2 Å². The van der Waals surface area contributed by atoms with Crippen molar-refractivity contribution < 1.29 is 14.9 Å². The number of aliphatic hydroxyl groups is 2. The summed E-state index contributed by atoms with van der Waals surface area (Å²) >= 11 is 0. The summed E-state index contributed by atoms with van der Waals surface area (Å²) in [6, 6.07) is 5.76. The van der Waals surface area contributed by atoms with Gasteiger partial charge >= 0.3 is 0 Å². The van der Waals surface area contributed by atoms with Gasteiger partial charge in [0, 0.05) is 31.4 Å². The smallest absolute Gasteiger partial charge is 0.109 e. The van der Waals surface area contributed by atoms with E-state index in [0.717, 1.165) is 18.7 Å². The molecule has 1 aliphatic rings. The molecule has 1 saturated heterocycles. The van der Waals surface area contributed by atoms with Crippen LogP contribution in [0, 0.1) is 0 Å². The Morgan fingerprint density at radius 3 is 2.59 bits per heavy atom. The van der Waals surface area contributed by atoms with E-state index in [1.54, 1.807) is 6.20 Å². The van der Waals surface area contributed by atoms with Crippen molar-refractivity contribution in [2.75, 3.05) is 40.8 Å². The minimum absolute atomic E-state index is 0.115. The number of hydrogen-bond donors (Lipinski definition) is 2. The van der Waals surface area contributed by atoms with Crippen LogP contribution in [0.4, 0.5) is 0 Å². The summed E-state index contributed by atoms with van der Waals surface area (Å²) in [5.74, 6) is 0. The van der Waals surface area contributed by atoms with Gasteiger partial charge in [0.25, 0.3) is 0 Å². The van der Waals surface area contributed by atoms with Crippen LogP contribution in [0.1, 0.15) is 5.69 Å². The summed E-state index contributed by atoms with van der Waals surface area (Å²) in [5, 5.41) is 19.8. The SMILES string of the molecule is CN(C)C[C@@H]1O[C@@H](CO)[C@@H](O)[C@H]1N(C)CCc1ccccn1. The molecule has 1 fully saturated rings. The molecule has 0 aliphatic carbocycles. The molecule has 2 N–H and O–H groups in total. The molecule has 0 spiro atoms. The van der Waals surface area contributed by atoms with Crippen molar-refractivity contribution in [3.8, 4) is 0 Å². The van der Waals surface area contributed by atoms with E-state index in [4.69, 9.17) is 4.74 Å². The summed E-state index contributed by atoms with van der Waals surface area (Å²) in [5.41, 5.74) is 1.03. The van der Waals surface area contributed by atoms with Crippen LogP contribution in [0.5, 0.6) is 0 Å². The highest BCUT2D eigenvalue weighted by molar-refractivity contribution is 5.04. The molecule has 6 nitrogen and oxygen atoms in total. The highest BCUT2D eigenvalue weighted by Crippen LogP contribution is 2.25. The largest absolute Gasteiger partial charge is 0.394 e. The van der Waals surface area contributed by atoms with E-state index in [1.165, 1.54) is 0 Å². The van der Waals surface area contributed by atoms with Crippen LogP contribution >= 0.6 is 0 Å². The van der Waals surface area contributed by atoms with E-state index in [-0.39, 0.29) is 18.8 Å². The molecule has 0 saturated carbocycles. The Balaban J connectivity index is 1.99. The number of hydrogen-bond acceptors (Lipinski definition) is 6. The molecule has 124 valence electrons. The van der Waals surface area contributed by atoms with Crippen LogP contribution in [-0.2, 0) is 11.2 Å². The second-order valence-electron chi connectivity index (χ2n) is 6.19. The topological polar surface area (TPSA) is 69.1 Å². The lowest BCUT2D eigenvalue weighted by molar-refractivity contribution is -0.0273. The molecule has 6 heteroatoms. The maximum atomic E-state index is 10.4. The zero-order valence-electron chi connectivity index (χ0n) is 13.6. The normalized spacial score (nSPS) is 28.7. The summed E-state index contributed by atoms with van der Waals surface area (Å²) in [7, 11) is 5.95. The van der Waals surface area contributed by atoms with Gasteiger partial charge in [-0.25, -0.2) is 0 Å². The fraction of sp³-hybridized carbons (Fsp3) is 0.688. The third kappa shape index (κ3) is 4.24. The first-order chi connectivity index (χ1) is 10.5. The first kappa shape index (κ1) is 17.3. The minimum Gasteiger partial charge on any atom is -0.394 e. The molecule has 4 atom stereocenters. The van der Waals surface area contributed by atoms with Gasteiger partial charge in [0.2, 0.25) is 0 Å². The molecule has 0 unspecified atom stereocenters. The molecule has 0 bridgehead atoms. The fourth-order valence-corrected chi connectivity index (χ4v) is 3.02. The molecular weight excluding hydrogens is 282 g/mol. The third-order valence-electron chi connectivity index (χ3n) is 4.14. The quantitative estimate of drug-likeness (QED) is 0.715. The van der Waals surface area contributed by atoms with E-state index < -0.39 is 12.2 Å². The lowest BCUT2D eigenvalue weighted by atomic mass is 10.0. The Morgan fingerprint density at radius 1 is 1.23 bits per heavy atom. The van der Waals surface area contributed by atoms with Crippen LogP contribution in [0.15, 0.2) is 24.4 Å². The zero-order valence-corrected chi connectivity index (χ0v) is 13.6. The number of aliphatic hydroxyl groups excluding tert-OH is 2. The minimum atomic E-state index is -0.677. The highest BCUT2D eigenvalue weighted by atomic mass is 16.5. The number of nitrogens with zero attached hydrogens (tertiary/aromatic N) is 3. The van der Waals surface area contributed by atoms with Gasteiger partial charge in [0.1, 0.15) is 12.2 Å². The molecule has 2 rings (SSSR count). The molecular formula is C16H27N3O3. The van der Waals surface area contributed by atoms with E-state index in [0.29, 0.717) is 6.54 Å². The van der Waals surface area contributed by atoms with Crippen molar-refractivity contribution in [3.05, 3.63) is 30.1 Å². The average Bonchev–Trinajstić information content (AvgIpc) is 2.81. The standard InChI is InChI=1S/C16H27N3O3/c1-18(2)10-13-15(16(21)14(11-20)22-13)19(3)9-7-12-6-4-5-8-17-12/h4-6,8,13-16,20-21H,7,9-11H2,1-3H3/t13-,14-,15-,16+/m0/s1. The monoisotopic (exact) mass is 309 g/mol. The van der Waals surface area contributed by atoms with Crippen molar-refractivity contribution in [2.24, 2.45) is 0 Å². The molecule has 0 amide bonds. The van der Waals surface area contributed by atoms with Crippen LogP contribution in [0.25, 0.3) is 0 Å². The molecule has 1 aromatic rings. The first-order valence-electron chi connectivity index (χ1n) is 7.72. The maximum absolute atomic E-state index is 10.4. The van der Waals surface area contributed by atoms with Gasteiger partial charge in [-0.1, -0.05) is 6.07 Å². The molecule has 0 aromatic carbocycles. The second kappa shape index (κ2) is 7.99. The van der Waals surface area contributed by atoms with Gasteiger partial charge in [-0.05, 0) is 33.3 Å². The molecule has 22 heavy (non-hydrogen) atoms. The summed E-state index contributed by atoms with van der Waals surface area (Å²) < 4.78 is 5.82. The molecule has 1 aromatic heterocycles. The Bertz CT molecular complexity index is 444. The van der Waals surface area contributed by atoms with E-state index in [2.05, 4.69) is 9.88 Å². The summed E-state index contributed by atoms with van der Waals surface area (Å²) in [4.78, 5) is 8.48. The van der Waals surface area contributed by atoms with E-state index in [1.807, 2.05) is 44.2 Å². The van der Waals surface area contributed by atoms with Crippen molar-refractivity contribution in [3.63, 3.8) is 0 Å². The highest BCUT2D eigenvalue weighted by Gasteiger charge is 2.45. The first-order valence-corrected chi connectivity index (χ1v) is 7.72. The number of aromatic nitrogens is 1. The van der Waals surface area contributed by atoms with E-state index in [9.17, 15) is 10.2 Å². The third-order valence-corrected chi connectivity index (χ3v) is 4.14. The zero-order chi connectivity index (χ0) is 16.1. The lowest BCUT2D eigenvalue weighted by Crippen LogP contribution is -2.49. The Morgan fingerprint density at radius 2 is 2.00 bits per heavy atom. The van der Waals surface area contributed by atoms with Crippen molar-refractivity contribution in [1.29, 1.82) is 0 Å². The van der Waals surface area contributed by atoms with Crippen molar-refractivity contribution >= 4 is 0 Å². The molecule has 0 radical (unpaired) electrons. The summed E-state index contributed by atoms with van der Waals surface area (Å²) in [6.45, 7) is 1.34. The van der Waals surface area contributed by atoms with Gasteiger partial charge in [-0.15, -0.1) is 0 Å². The lowest BCUT2D eigenvalue weighted by Gasteiger charge is -2.31. The predicted octanol–water partition coefficient (Wildman–Crippen LogP) is -0.393. The van der Waals surface area contributed by atoms with Gasteiger partial charge in [-0.2, -0.15) is 0 Å². The van der Waals surface area contributed by atoms with Crippen LogP contribution in [0.2, 0.25) is 0 Å². The molecule has 2 heterocycles. The predicted molar refractivity (Wildman–Crippen MR) is 84.7 cm³/mol. The van der Waals surface area contributed by atoms with E-state index >= 15 is 0 Å².